The lowest BCUT2D eigenvalue weighted by molar-refractivity contribution is -0.131. The third-order valence-corrected chi connectivity index (χ3v) is 3.81. The summed E-state index contributed by atoms with van der Waals surface area (Å²) in [6.45, 7) is 3.68. The molecule has 0 aromatic carbocycles. The number of nitrogens with zero attached hydrogens (tertiary/aromatic N) is 5. The van der Waals surface area contributed by atoms with Crippen molar-refractivity contribution in [3.8, 4) is 0 Å². The molecule has 0 spiro atoms. The van der Waals surface area contributed by atoms with Gasteiger partial charge in [-0.25, -0.2) is 9.97 Å². The van der Waals surface area contributed by atoms with E-state index in [1.165, 1.54) is 0 Å². The van der Waals surface area contributed by atoms with Crippen LogP contribution in [0.1, 0.15) is 6.42 Å². The number of piperazine rings is 1. The summed E-state index contributed by atoms with van der Waals surface area (Å²) in [6, 6.07) is 5.90. The molecular formula is C16H20N6O. The van der Waals surface area contributed by atoms with E-state index < -0.39 is 0 Å². The van der Waals surface area contributed by atoms with Crippen LogP contribution in [0.5, 0.6) is 0 Å². The second-order valence-corrected chi connectivity index (χ2v) is 5.32. The fourth-order valence-corrected chi connectivity index (χ4v) is 2.57. The van der Waals surface area contributed by atoms with Gasteiger partial charge in [-0.15, -0.1) is 0 Å². The number of hydrogen-bond acceptors (Lipinski definition) is 6. The van der Waals surface area contributed by atoms with E-state index in [2.05, 4.69) is 25.2 Å². The van der Waals surface area contributed by atoms with Gasteiger partial charge in [0, 0.05) is 57.7 Å². The molecule has 0 unspecified atom stereocenters. The maximum atomic E-state index is 12.2. The molecule has 1 amide bonds. The number of amides is 1. The van der Waals surface area contributed by atoms with E-state index in [0.29, 0.717) is 18.8 Å². The van der Waals surface area contributed by atoms with Crippen LogP contribution in [0, 0.1) is 0 Å². The third kappa shape index (κ3) is 4.15. The fraction of sp³-hybridized carbons (Fsp3) is 0.375. The highest BCUT2D eigenvalue weighted by Crippen LogP contribution is 2.13. The van der Waals surface area contributed by atoms with E-state index in [1.54, 1.807) is 24.8 Å². The Morgan fingerprint density at radius 1 is 1.09 bits per heavy atom. The summed E-state index contributed by atoms with van der Waals surface area (Å²) in [6.07, 6.45) is 7.15. The molecule has 2 aromatic heterocycles. The van der Waals surface area contributed by atoms with Crippen LogP contribution >= 0.6 is 0 Å². The van der Waals surface area contributed by atoms with Crippen molar-refractivity contribution >= 4 is 17.5 Å². The number of carbonyl (C=O) groups excluding carboxylic acids is 1. The Hall–Kier alpha value is -2.70. The van der Waals surface area contributed by atoms with Crippen LogP contribution in [-0.2, 0) is 4.79 Å². The molecule has 0 radical (unpaired) electrons. The summed E-state index contributed by atoms with van der Waals surface area (Å²) in [4.78, 5) is 28.8. The largest absolute Gasteiger partial charge is 0.368 e. The zero-order valence-corrected chi connectivity index (χ0v) is 12.9. The molecule has 2 aromatic rings. The maximum Gasteiger partial charge on any atom is 0.224 e. The first kappa shape index (κ1) is 15.2. The highest BCUT2D eigenvalue weighted by Gasteiger charge is 2.21. The van der Waals surface area contributed by atoms with E-state index in [1.807, 2.05) is 23.1 Å². The van der Waals surface area contributed by atoms with Crippen LogP contribution < -0.4 is 10.2 Å². The predicted molar refractivity (Wildman–Crippen MR) is 88.2 cm³/mol. The van der Waals surface area contributed by atoms with Gasteiger partial charge in [-0.1, -0.05) is 6.07 Å². The Kier molecular flexibility index (Phi) is 4.98. The summed E-state index contributed by atoms with van der Waals surface area (Å²) in [7, 11) is 0. The fourth-order valence-electron chi connectivity index (χ4n) is 2.57. The first-order valence-electron chi connectivity index (χ1n) is 7.76. The highest BCUT2D eigenvalue weighted by molar-refractivity contribution is 5.77. The lowest BCUT2D eigenvalue weighted by Crippen LogP contribution is -2.49. The van der Waals surface area contributed by atoms with E-state index in [-0.39, 0.29) is 5.91 Å². The summed E-state index contributed by atoms with van der Waals surface area (Å²) in [5, 5.41) is 3.11. The van der Waals surface area contributed by atoms with Gasteiger partial charge >= 0.3 is 0 Å². The predicted octanol–water partition coefficient (Wildman–Crippen LogP) is 1.02. The lowest BCUT2D eigenvalue weighted by Gasteiger charge is -2.35. The number of carbonyl (C=O) groups is 1. The number of rotatable bonds is 5. The summed E-state index contributed by atoms with van der Waals surface area (Å²) < 4.78 is 0. The number of anilines is 2. The van der Waals surface area contributed by atoms with E-state index in [0.717, 1.165) is 32.0 Å². The molecule has 7 nitrogen and oxygen atoms in total. The van der Waals surface area contributed by atoms with E-state index in [4.69, 9.17) is 0 Å². The van der Waals surface area contributed by atoms with Gasteiger partial charge in [0.2, 0.25) is 5.91 Å². The average Bonchev–Trinajstić information content (AvgIpc) is 2.63. The molecule has 120 valence electrons. The van der Waals surface area contributed by atoms with Crippen LogP contribution in [-0.4, -0.2) is 58.5 Å². The number of pyridine rings is 1. The zero-order valence-electron chi connectivity index (χ0n) is 12.9. The van der Waals surface area contributed by atoms with Gasteiger partial charge in [-0.3, -0.25) is 9.78 Å². The molecule has 0 aliphatic carbocycles. The van der Waals surface area contributed by atoms with Gasteiger partial charge in [0.1, 0.15) is 11.6 Å². The van der Waals surface area contributed by atoms with Crippen molar-refractivity contribution in [1.29, 1.82) is 0 Å². The normalized spacial score (nSPS) is 14.6. The topological polar surface area (TPSA) is 74.2 Å². The summed E-state index contributed by atoms with van der Waals surface area (Å²) >= 11 is 0. The van der Waals surface area contributed by atoms with Crippen molar-refractivity contribution in [1.82, 2.24) is 19.9 Å². The SMILES string of the molecule is O=C(CCNc1cnccn1)N1CCN(c2ccccn2)CC1. The Morgan fingerprint density at radius 3 is 2.65 bits per heavy atom. The summed E-state index contributed by atoms with van der Waals surface area (Å²) in [5.74, 6) is 1.84. The molecule has 0 atom stereocenters. The van der Waals surface area contributed by atoms with Crippen LogP contribution in [0.3, 0.4) is 0 Å². The molecule has 3 heterocycles. The van der Waals surface area contributed by atoms with Crippen LogP contribution in [0.2, 0.25) is 0 Å². The van der Waals surface area contributed by atoms with Gasteiger partial charge in [0.25, 0.3) is 0 Å². The van der Waals surface area contributed by atoms with Crippen molar-refractivity contribution in [2.24, 2.45) is 0 Å². The number of hydrogen-bond donors (Lipinski definition) is 1. The van der Waals surface area contributed by atoms with Crippen molar-refractivity contribution in [3.63, 3.8) is 0 Å². The Balaban J connectivity index is 1.41. The van der Waals surface area contributed by atoms with Crippen molar-refractivity contribution in [2.75, 3.05) is 42.9 Å². The molecule has 3 rings (SSSR count). The first-order valence-corrected chi connectivity index (χ1v) is 7.76. The van der Waals surface area contributed by atoms with Crippen molar-refractivity contribution < 1.29 is 4.79 Å². The second kappa shape index (κ2) is 7.53. The minimum atomic E-state index is 0.169. The second-order valence-electron chi connectivity index (χ2n) is 5.32. The van der Waals surface area contributed by atoms with Crippen molar-refractivity contribution in [2.45, 2.75) is 6.42 Å². The number of aromatic nitrogens is 3. The average molecular weight is 312 g/mol. The quantitative estimate of drug-likeness (QED) is 0.888. The summed E-state index contributed by atoms with van der Waals surface area (Å²) in [5.41, 5.74) is 0. The van der Waals surface area contributed by atoms with Gasteiger partial charge in [0.05, 0.1) is 6.20 Å². The monoisotopic (exact) mass is 312 g/mol. The Labute approximate surface area is 135 Å². The van der Waals surface area contributed by atoms with Gasteiger partial charge < -0.3 is 15.1 Å². The van der Waals surface area contributed by atoms with Crippen LogP contribution in [0.4, 0.5) is 11.6 Å². The molecule has 0 saturated carbocycles. The zero-order chi connectivity index (χ0) is 15.9. The Bertz CT molecular complexity index is 613. The first-order chi connectivity index (χ1) is 11.3. The van der Waals surface area contributed by atoms with Gasteiger partial charge in [-0.2, -0.15) is 0 Å². The molecule has 1 N–H and O–H groups in total. The van der Waals surface area contributed by atoms with Crippen molar-refractivity contribution in [3.05, 3.63) is 43.0 Å². The highest BCUT2D eigenvalue weighted by atomic mass is 16.2. The maximum absolute atomic E-state index is 12.2. The van der Waals surface area contributed by atoms with Gasteiger partial charge in [-0.05, 0) is 12.1 Å². The molecule has 1 aliphatic heterocycles. The van der Waals surface area contributed by atoms with Crippen LogP contribution in [0.25, 0.3) is 0 Å². The molecule has 23 heavy (non-hydrogen) atoms. The molecular weight excluding hydrogens is 292 g/mol. The molecule has 1 fully saturated rings. The smallest absolute Gasteiger partial charge is 0.224 e. The minimum absolute atomic E-state index is 0.169. The third-order valence-electron chi connectivity index (χ3n) is 3.81. The molecule has 1 aliphatic rings. The molecule has 0 bridgehead atoms. The Morgan fingerprint density at radius 2 is 1.96 bits per heavy atom. The standard InChI is InChI=1S/C16H20N6O/c23-16(4-6-18-14-13-17-7-8-19-14)22-11-9-21(10-12-22)15-3-1-2-5-20-15/h1-3,5,7-8,13H,4,6,9-12H2,(H,18,19). The number of nitrogens with one attached hydrogen (secondary N) is 1. The minimum Gasteiger partial charge on any atom is -0.368 e. The van der Waals surface area contributed by atoms with Crippen LogP contribution in [0.15, 0.2) is 43.0 Å². The van der Waals surface area contributed by atoms with E-state index >= 15 is 0 Å². The molecule has 1 saturated heterocycles. The van der Waals surface area contributed by atoms with E-state index in [9.17, 15) is 4.79 Å². The lowest BCUT2D eigenvalue weighted by atomic mass is 10.2. The van der Waals surface area contributed by atoms with Gasteiger partial charge in [0.15, 0.2) is 0 Å². The molecule has 7 heteroatoms.